The number of thiophene rings is 1. The number of rotatable bonds is 3. The molecule has 2 aromatic carbocycles. The second-order valence-corrected chi connectivity index (χ2v) is 5.32. The van der Waals surface area contributed by atoms with Crippen LogP contribution in [0.5, 0.6) is 5.75 Å². The number of fused-ring (bicyclic) bond motifs is 1. The molecule has 1 N–H and O–H groups in total. The fourth-order valence-electron chi connectivity index (χ4n) is 2.08. The number of hydrogen-bond acceptors (Lipinski definition) is 4. The zero-order valence-corrected chi connectivity index (χ0v) is 11.7. The van der Waals surface area contributed by atoms with Crippen LogP contribution in [0.1, 0.15) is 5.56 Å². The van der Waals surface area contributed by atoms with Gasteiger partial charge in [0.1, 0.15) is 16.8 Å². The SMILES string of the molecule is COc1cccc(Nc2sc3ccccc3c2C#N)c1. The number of nitriles is 1. The molecular weight excluding hydrogens is 268 g/mol. The monoisotopic (exact) mass is 280 g/mol. The van der Waals surface area contributed by atoms with Gasteiger partial charge < -0.3 is 10.1 Å². The lowest BCUT2D eigenvalue weighted by Crippen LogP contribution is -1.90. The molecule has 0 bridgehead atoms. The van der Waals surface area contributed by atoms with Crippen molar-refractivity contribution in [2.45, 2.75) is 0 Å². The highest BCUT2D eigenvalue weighted by Gasteiger charge is 2.11. The minimum Gasteiger partial charge on any atom is -0.497 e. The van der Waals surface area contributed by atoms with Gasteiger partial charge in [-0.2, -0.15) is 5.26 Å². The van der Waals surface area contributed by atoms with Crippen LogP contribution < -0.4 is 10.1 Å². The van der Waals surface area contributed by atoms with Crippen LogP contribution in [0.25, 0.3) is 10.1 Å². The molecule has 3 aromatic rings. The molecule has 0 fully saturated rings. The summed E-state index contributed by atoms with van der Waals surface area (Å²) < 4.78 is 6.31. The molecule has 0 saturated carbocycles. The van der Waals surface area contributed by atoms with Gasteiger partial charge in [-0.3, -0.25) is 0 Å². The molecule has 0 amide bonds. The van der Waals surface area contributed by atoms with E-state index in [0.717, 1.165) is 26.5 Å². The summed E-state index contributed by atoms with van der Waals surface area (Å²) in [5.41, 5.74) is 1.60. The molecule has 0 aliphatic carbocycles. The van der Waals surface area contributed by atoms with Crippen molar-refractivity contribution in [1.82, 2.24) is 0 Å². The number of nitrogens with one attached hydrogen (secondary N) is 1. The summed E-state index contributed by atoms with van der Waals surface area (Å²) >= 11 is 1.58. The predicted molar refractivity (Wildman–Crippen MR) is 82.8 cm³/mol. The Morgan fingerprint density at radius 2 is 2.00 bits per heavy atom. The van der Waals surface area contributed by atoms with Gasteiger partial charge in [0.25, 0.3) is 0 Å². The lowest BCUT2D eigenvalue weighted by atomic mass is 10.2. The van der Waals surface area contributed by atoms with Gasteiger partial charge in [0.05, 0.1) is 12.7 Å². The Labute approximate surface area is 121 Å². The lowest BCUT2D eigenvalue weighted by molar-refractivity contribution is 0.415. The van der Waals surface area contributed by atoms with Crippen LogP contribution in [0.4, 0.5) is 10.7 Å². The maximum absolute atomic E-state index is 9.38. The average Bonchev–Trinajstić information content (AvgIpc) is 2.84. The second-order valence-electron chi connectivity index (χ2n) is 4.27. The summed E-state index contributed by atoms with van der Waals surface area (Å²) in [6.07, 6.45) is 0. The van der Waals surface area contributed by atoms with E-state index in [1.54, 1.807) is 18.4 Å². The van der Waals surface area contributed by atoms with Gasteiger partial charge >= 0.3 is 0 Å². The first-order chi connectivity index (χ1) is 9.81. The number of benzene rings is 2. The Kier molecular flexibility index (Phi) is 3.28. The van der Waals surface area contributed by atoms with Gasteiger partial charge in [0.2, 0.25) is 0 Å². The van der Waals surface area contributed by atoms with Gasteiger partial charge in [0.15, 0.2) is 0 Å². The molecule has 0 saturated heterocycles. The van der Waals surface area contributed by atoms with E-state index in [0.29, 0.717) is 5.56 Å². The molecule has 0 atom stereocenters. The van der Waals surface area contributed by atoms with Crippen molar-refractivity contribution in [2.75, 3.05) is 12.4 Å². The smallest absolute Gasteiger partial charge is 0.120 e. The summed E-state index contributed by atoms with van der Waals surface area (Å²) in [5, 5.41) is 14.5. The van der Waals surface area contributed by atoms with E-state index in [-0.39, 0.29) is 0 Å². The predicted octanol–water partition coefficient (Wildman–Crippen LogP) is 4.53. The maximum Gasteiger partial charge on any atom is 0.120 e. The highest BCUT2D eigenvalue weighted by molar-refractivity contribution is 7.23. The molecule has 4 heteroatoms. The van der Waals surface area contributed by atoms with Gasteiger partial charge in [0, 0.05) is 21.8 Å². The van der Waals surface area contributed by atoms with Crippen molar-refractivity contribution >= 4 is 32.1 Å². The van der Waals surface area contributed by atoms with Gasteiger partial charge in [-0.1, -0.05) is 24.3 Å². The van der Waals surface area contributed by atoms with Crippen LogP contribution in [0.3, 0.4) is 0 Å². The summed E-state index contributed by atoms with van der Waals surface area (Å²) in [6, 6.07) is 17.9. The molecule has 0 spiro atoms. The van der Waals surface area contributed by atoms with E-state index in [4.69, 9.17) is 4.74 Å². The zero-order valence-electron chi connectivity index (χ0n) is 10.9. The highest BCUT2D eigenvalue weighted by Crippen LogP contribution is 2.37. The largest absolute Gasteiger partial charge is 0.497 e. The minimum atomic E-state index is 0.688. The third-order valence-electron chi connectivity index (χ3n) is 3.03. The Balaban J connectivity index is 2.04. The quantitative estimate of drug-likeness (QED) is 0.767. The van der Waals surface area contributed by atoms with Crippen LogP contribution >= 0.6 is 11.3 Å². The van der Waals surface area contributed by atoms with Crippen molar-refractivity contribution in [3.63, 3.8) is 0 Å². The molecule has 0 aliphatic heterocycles. The van der Waals surface area contributed by atoms with Crippen molar-refractivity contribution < 1.29 is 4.74 Å². The number of methoxy groups -OCH3 is 1. The molecule has 1 aromatic heterocycles. The van der Waals surface area contributed by atoms with Crippen molar-refractivity contribution in [3.05, 3.63) is 54.1 Å². The normalized spacial score (nSPS) is 10.2. The summed E-state index contributed by atoms with van der Waals surface area (Å²) in [6.45, 7) is 0. The van der Waals surface area contributed by atoms with Crippen LogP contribution in [0.15, 0.2) is 48.5 Å². The van der Waals surface area contributed by atoms with Crippen LogP contribution in [0.2, 0.25) is 0 Å². The molecular formula is C16H12N2OS. The number of ether oxygens (including phenoxy) is 1. The molecule has 0 radical (unpaired) electrons. The first-order valence-corrected chi connectivity index (χ1v) is 6.96. The van der Waals surface area contributed by atoms with Crippen molar-refractivity contribution in [2.24, 2.45) is 0 Å². The Morgan fingerprint density at radius 1 is 1.15 bits per heavy atom. The van der Waals surface area contributed by atoms with Crippen molar-refractivity contribution in [3.8, 4) is 11.8 Å². The molecule has 0 aliphatic rings. The van der Waals surface area contributed by atoms with E-state index < -0.39 is 0 Å². The molecule has 98 valence electrons. The molecule has 0 unspecified atom stereocenters. The van der Waals surface area contributed by atoms with Crippen molar-refractivity contribution in [1.29, 1.82) is 5.26 Å². The first-order valence-electron chi connectivity index (χ1n) is 6.14. The van der Waals surface area contributed by atoms with Crippen LogP contribution in [-0.2, 0) is 0 Å². The summed E-state index contributed by atoms with van der Waals surface area (Å²) in [5.74, 6) is 0.787. The van der Waals surface area contributed by atoms with Gasteiger partial charge in [-0.05, 0) is 18.2 Å². The van der Waals surface area contributed by atoms with E-state index in [2.05, 4.69) is 11.4 Å². The molecule has 20 heavy (non-hydrogen) atoms. The topological polar surface area (TPSA) is 45.0 Å². The Bertz CT molecular complexity index is 802. The van der Waals surface area contributed by atoms with Gasteiger partial charge in [-0.25, -0.2) is 0 Å². The third kappa shape index (κ3) is 2.20. The highest BCUT2D eigenvalue weighted by atomic mass is 32.1. The second kappa shape index (κ2) is 5.24. The van der Waals surface area contributed by atoms with Crippen LogP contribution in [0, 0.1) is 11.3 Å². The van der Waals surface area contributed by atoms with E-state index in [1.807, 2.05) is 48.5 Å². The lowest BCUT2D eigenvalue weighted by Gasteiger charge is -2.06. The number of nitrogens with zero attached hydrogens (tertiary/aromatic N) is 1. The van der Waals surface area contributed by atoms with Gasteiger partial charge in [-0.15, -0.1) is 11.3 Å². The maximum atomic E-state index is 9.38. The summed E-state index contributed by atoms with van der Waals surface area (Å²) in [4.78, 5) is 0. The fraction of sp³-hybridized carbons (Fsp3) is 0.0625. The Morgan fingerprint density at radius 3 is 2.80 bits per heavy atom. The average molecular weight is 280 g/mol. The number of anilines is 2. The standard InChI is InChI=1S/C16H12N2OS/c1-19-12-6-4-5-11(9-12)18-16-14(10-17)13-7-2-3-8-15(13)20-16/h2-9,18H,1H3. The fourth-order valence-corrected chi connectivity index (χ4v) is 3.15. The van der Waals surface area contributed by atoms with Crippen LogP contribution in [-0.4, -0.2) is 7.11 Å². The minimum absolute atomic E-state index is 0.688. The first kappa shape index (κ1) is 12.5. The van der Waals surface area contributed by atoms with E-state index in [1.165, 1.54) is 0 Å². The zero-order chi connectivity index (χ0) is 13.9. The number of hydrogen-bond donors (Lipinski definition) is 1. The molecule has 3 nitrogen and oxygen atoms in total. The Hall–Kier alpha value is -2.51. The van der Waals surface area contributed by atoms with E-state index >= 15 is 0 Å². The summed E-state index contributed by atoms with van der Waals surface area (Å²) in [7, 11) is 1.64. The van der Waals surface area contributed by atoms with E-state index in [9.17, 15) is 5.26 Å². The molecule has 1 heterocycles. The molecule has 3 rings (SSSR count). The third-order valence-corrected chi connectivity index (χ3v) is 4.12.